The topological polar surface area (TPSA) is 50.9 Å². The van der Waals surface area contributed by atoms with Crippen LogP contribution in [0.5, 0.6) is 0 Å². The molecule has 17 heavy (non-hydrogen) atoms. The lowest BCUT2D eigenvalue weighted by atomic mass is 9.85. The number of hydrogen-bond donors (Lipinski definition) is 1. The number of aromatic nitrogens is 3. The van der Waals surface area contributed by atoms with E-state index in [4.69, 9.17) is 11.6 Å². The summed E-state index contributed by atoms with van der Waals surface area (Å²) in [6.07, 6.45) is 3.06. The standard InChI is InChI=1S/C12H14ClN3O/c1-12(2,6-17)9-3-4-11(10(13)5-9)16-8-14-7-15-16/h3-5,7-8,17H,6H2,1-2H3. The normalized spacial score (nSPS) is 11.8. The van der Waals surface area contributed by atoms with Crippen molar-refractivity contribution in [1.82, 2.24) is 14.8 Å². The van der Waals surface area contributed by atoms with Crippen LogP contribution < -0.4 is 0 Å². The largest absolute Gasteiger partial charge is 0.395 e. The number of benzene rings is 1. The Balaban J connectivity index is 2.43. The summed E-state index contributed by atoms with van der Waals surface area (Å²) in [5, 5.41) is 13.9. The molecule has 1 heterocycles. The summed E-state index contributed by atoms with van der Waals surface area (Å²) >= 11 is 6.21. The summed E-state index contributed by atoms with van der Waals surface area (Å²) < 4.78 is 1.61. The lowest BCUT2D eigenvalue weighted by Gasteiger charge is -2.22. The van der Waals surface area contributed by atoms with E-state index >= 15 is 0 Å². The molecule has 4 nitrogen and oxygen atoms in total. The molecule has 0 aliphatic rings. The van der Waals surface area contributed by atoms with Crippen molar-refractivity contribution in [3.63, 3.8) is 0 Å². The molecule has 0 saturated carbocycles. The SMILES string of the molecule is CC(C)(CO)c1ccc(-n2cncn2)c(Cl)c1. The van der Waals surface area contributed by atoms with E-state index < -0.39 is 0 Å². The van der Waals surface area contributed by atoms with Gasteiger partial charge in [-0.2, -0.15) is 5.10 Å². The summed E-state index contributed by atoms with van der Waals surface area (Å²) in [5.41, 5.74) is 1.47. The van der Waals surface area contributed by atoms with Crippen LogP contribution in [0.15, 0.2) is 30.9 Å². The van der Waals surface area contributed by atoms with Gasteiger partial charge in [0.1, 0.15) is 12.7 Å². The number of nitrogens with zero attached hydrogens (tertiary/aromatic N) is 3. The molecule has 0 saturated heterocycles. The summed E-state index contributed by atoms with van der Waals surface area (Å²) in [7, 11) is 0. The minimum atomic E-state index is -0.301. The van der Waals surface area contributed by atoms with E-state index in [2.05, 4.69) is 10.1 Å². The first-order valence-corrected chi connectivity index (χ1v) is 5.68. The molecule has 5 heteroatoms. The third-order valence-electron chi connectivity index (χ3n) is 2.79. The van der Waals surface area contributed by atoms with Crippen molar-refractivity contribution >= 4 is 11.6 Å². The van der Waals surface area contributed by atoms with Crippen LogP contribution in [0.25, 0.3) is 5.69 Å². The summed E-state index contributed by atoms with van der Waals surface area (Å²) in [6.45, 7) is 4.01. The number of aliphatic hydroxyl groups is 1. The smallest absolute Gasteiger partial charge is 0.138 e. The Morgan fingerprint density at radius 2 is 2.18 bits per heavy atom. The van der Waals surface area contributed by atoms with Crippen molar-refractivity contribution in [2.24, 2.45) is 0 Å². The molecule has 2 aromatic rings. The lowest BCUT2D eigenvalue weighted by Crippen LogP contribution is -2.22. The third-order valence-corrected chi connectivity index (χ3v) is 3.09. The van der Waals surface area contributed by atoms with Crippen LogP contribution in [-0.4, -0.2) is 26.5 Å². The van der Waals surface area contributed by atoms with Crippen LogP contribution in [0, 0.1) is 0 Å². The van der Waals surface area contributed by atoms with Crippen molar-refractivity contribution in [3.8, 4) is 5.69 Å². The Morgan fingerprint density at radius 1 is 1.41 bits per heavy atom. The molecule has 1 aromatic heterocycles. The lowest BCUT2D eigenvalue weighted by molar-refractivity contribution is 0.218. The van der Waals surface area contributed by atoms with E-state index in [0.29, 0.717) is 5.02 Å². The number of hydrogen-bond acceptors (Lipinski definition) is 3. The Kier molecular flexibility index (Phi) is 3.17. The average molecular weight is 252 g/mol. The predicted molar refractivity (Wildman–Crippen MR) is 66.5 cm³/mol. The Hall–Kier alpha value is -1.39. The van der Waals surface area contributed by atoms with Crippen LogP contribution in [0.1, 0.15) is 19.4 Å². The molecule has 2 rings (SSSR count). The van der Waals surface area contributed by atoms with Gasteiger partial charge in [0.05, 0.1) is 17.3 Å². The van der Waals surface area contributed by atoms with Gasteiger partial charge in [-0.1, -0.05) is 31.5 Å². The molecular formula is C12H14ClN3O. The van der Waals surface area contributed by atoms with Crippen LogP contribution in [0.4, 0.5) is 0 Å². The molecule has 0 radical (unpaired) electrons. The highest BCUT2D eigenvalue weighted by Crippen LogP contribution is 2.28. The van der Waals surface area contributed by atoms with Gasteiger partial charge in [-0.25, -0.2) is 9.67 Å². The van der Waals surface area contributed by atoms with E-state index in [1.165, 1.54) is 6.33 Å². The quantitative estimate of drug-likeness (QED) is 0.910. The summed E-state index contributed by atoms with van der Waals surface area (Å²) in [4.78, 5) is 3.88. The molecule has 0 aliphatic carbocycles. The van der Waals surface area contributed by atoms with Gasteiger partial charge >= 0.3 is 0 Å². The van der Waals surface area contributed by atoms with Gasteiger partial charge in [-0.3, -0.25) is 0 Å². The van der Waals surface area contributed by atoms with Gasteiger partial charge < -0.3 is 5.11 Å². The first kappa shape index (κ1) is 12.1. The minimum Gasteiger partial charge on any atom is -0.395 e. The van der Waals surface area contributed by atoms with Crippen LogP contribution in [-0.2, 0) is 5.41 Å². The fourth-order valence-corrected chi connectivity index (χ4v) is 1.80. The van der Waals surface area contributed by atoms with E-state index in [-0.39, 0.29) is 12.0 Å². The molecule has 0 spiro atoms. The fourth-order valence-electron chi connectivity index (χ4n) is 1.54. The third kappa shape index (κ3) is 2.33. The highest BCUT2D eigenvalue weighted by atomic mass is 35.5. The van der Waals surface area contributed by atoms with E-state index in [0.717, 1.165) is 11.3 Å². The fraction of sp³-hybridized carbons (Fsp3) is 0.333. The summed E-state index contributed by atoms with van der Waals surface area (Å²) in [5.74, 6) is 0. The van der Waals surface area contributed by atoms with Crippen molar-refractivity contribution < 1.29 is 5.11 Å². The van der Waals surface area contributed by atoms with E-state index in [1.54, 1.807) is 11.0 Å². The van der Waals surface area contributed by atoms with Crippen molar-refractivity contribution in [1.29, 1.82) is 0 Å². The van der Waals surface area contributed by atoms with Crippen molar-refractivity contribution in [2.75, 3.05) is 6.61 Å². The monoisotopic (exact) mass is 251 g/mol. The Bertz CT molecular complexity index is 508. The molecule has 1 N–H and O–H groups in total. The Labute approximate surface area is 105 Å². The Morgan fingerprint density at radius 3 is 2.71 bits per heavy atom. The van der Waals surface area contributed by atoms with Gasteiger partial charge in [0.15, 0.2) is 0 Å². The molecular weight excluding hydrogens is 238 g/mol. The molecule has 0 bridgehead atoms. The second-order valence-electron chi connectivity index (χ2n) is 4.55. The maximum Gasteiger partial charge on any atom is 0.138 e. The number of halogens is 1. The zero-order valence-electron chi connectivity index (χ0n) is 9.76. The first-order valence-electron chi connectivity index (χ1n) is 5.30. The predicted octanol–water partition coefficient (Wildman–Crippen LogP) is 2.19. The second kappa shape index (κ2) is 4.47. The number of rotatable bonds is 3. The molecule has 0 amide bonds. The van der Waals surface area contributed by atoms with Gasteiger partial charge in [0.25, 0.3) is 0 Å². The average Bonchev–Trinajstić information content (AvgIpc) is 2.82. The zero-order valence-corrected chi connectivity index (χ0v) is 10.5. The van der Waals surface area contributed by atoms with Crippen LogP contribution in [0.3, 0.4) is 0 Å². The van der Waals surface area contributed by atoms with Crippen molar-refractivity contribution in [3.05, 3.63) is 41.4 Å². The highest BCUT2D eigenvalue weighted by molar-refractivity contribution is 6.32. The molecule has 90 valence electrons. The maximum atomic E-state index is 9.32. The molecule has 0 unspecified atom stereocenters. The maximum absolute atomic E-state index is 9.32. The molecule has 1 aromatic carbocycles. The van der Waals surface area contributed by atoms with Gasteiger partial charge in [-0.05, 0) is 17.7 Å². The second-order valence-corrected chi connectivity index (χ2v) is 4.96. The van der Waals surface area contributed by atoms with Crippen LogP contribution in [0.2, 0.25) is 5.02 Å². The molecule has 0 aliphatic heterocycles. The minimum absolute atomic E-state index is 0.0754. The number of aliphatic hydroxyl groups excluding tert-OH is 1. The highest BCUT2D eigenvalue weighted by Gasteiger charge is 2.20. The van der Waals surface area contributed by atoms with E-state index in [9.17, 15) is 5.11 Å². The zero-order chi connectivity index (χ0) is 12.5. The van der Waals surface area contributed by atoms with E-state index in [1.807, 2.05) is 32.0 Å². The molecule has 0 fully saturated rings. The first-order chi connectivity index (χ1) is 8.04. The van der Waals surface area contributed by atoms with Gasteiger partial charge in [0.2, 0.25) is 0 Å². The van der Waals surface area contributed by atoms with Crippen LogP contribution >= 0.6 is 11.6 Å². The molecule has 0 atom stereocenters. The summed E-state index contributed by atoms with van der Waals surface area (Å²) in [6, 6.07) is 5.68. The van der Waals surface area contributed by atoms with Gasteiger partial charge in [0, 0.05) is 5.41 Å². The van der Waals surface area contributed by atoms with Gasteiger partial charge in [-0.15, -0.1) is 0 Å². The van der Waals surface area contributed by atoms with Crippen molar-refractivity contribution in [2.45, 2.75) is 19.3 Å².